The van der Waals surface area contributed by atoms with E-state index in [0.717, 1.165) is 32.0 Å². The lowest BCUT2D eigenvalue weighted by Crippen LogP contribution is -2.30. The highest BCUT2D eigenvalue weighted by molar-refractivity contribution is 5.89. The molecule has 11 heteroatoms. The highest BCUT2D eigenvalue weighted by atomic mass is 19.4. The maximum atomic E-state index is 12.5. The van der Waals surface area contributed by atoms with E-state index in [9.17, 15) is 28.1 Å². The number of nitrogens with one attached hydrogen (secondary N) is 1. The summed E-state index contributed by atoms with van der Waals surface area (Å²) in [5.74, 6) is -2.68. The van der Waals surface area contributed by atoms with Crippen molar-refractivity contribution >= 4 is 22.6 Å². The Balaban J connectivity index is 1.99. The summed E-state index contributed by atoms with van der Waals surface area (Å²) in [6, 6.07) is 3.58. The number of nitrogens with zero attached hydrogens (tertiary/aromatic N) is 3. The second kappa shape index (κ2) is 6.90. The fourth-order valence-electron chi connectivity index (χ4n) is 2.91. The average molecular weight is 372 g/mol. The first-order valence-corrected chi connectivity index (χ1v) is 7.90. The summed E-state index contributed by atoms with van der Waals surface area (Å²) in [7, 11) is 0. The van der Waals surface area contributed by atoms with Crippen molar-refractivity contribution in [3.8, 4) is 5.88 Å². The van der Waals surface area contributed by atoms with Crippen molar-refractivity contribution in [1.82, 2.24) is 15.1 Å². The molecule has 3 rings (SSSR count). The van der Waals surface area contributed by atoms with Crippen LogP contribution in [-0.4, -0.2) is 39.9 Å². The van der Waals surface area contributed by atoms with Crippen LogP contribution < -0.4 is 10.1 Å². The van der Waals surface area contributed by atoms with Crippen molar-refractivity contribution in [2.24, 2.45) is 5.92 Å². The third-order valence-electron chi connectivity index (χ3n) is 4.22. The van der Waals surface area contributed by atoms with Crippen molar-refractivity contribution in [2.45, 2.75) is 25.6 Å². The van der Waals surface area contributed by atoms with Crippen molar-refractivity contribution in [2.75, 3.05) is 13.1 Å². The topological polar surface area (TPSA) is 99.3 Å². The number of carbonyl (C=O) groups excluding carboxylic acids is 1. The molecule has 0 unspecified atom stereocenters. The zero-order chi connectivity index (χ0) is 18.9. The molecule has 1 aliphatic heterocycles. The third kappa shape index (κ3) is 3.77. The number of nitro benzene ring substituents is 1. The van der Waals surface area contributed by atoms with Crippen LogP contribution in [0.3, 0.4) is 0 Å². The average Bonchev–Trinajstić information content (AvgIpc) is 2.92. The van der Waals surface area contributed by atoms with Gasteiger partial charge in [0.25, 0.3) is 5.69 Å². The number of piperidine rings is 1. The highest BCUT2D eigenvalue weighted by Gasteiger charge is 2.42. The van der Waals surface area contributed by atoms with Gasteiger partial charge in [0.15, 0.2) is 0 Å². The zero-order valence-corrected chi connectivity index (χ0v) is 13.5. The van der Waals surface area contributed by atoms with E-state index in [-0.39, 0.29) is 22.5 Å². The number of carbonyl (C=O) groups is 1. The van der Waals surface area contributed by atoms with E-state index in [1.165, 1.54) is 16.8 Å². The quantitative estimate of drug-likeness (QED) is 0.503. The maximum Gasteiger partial charge on any atom is 0.491 e. The van der Waals surface area contributed by atoms with Crippen LogP contribution in [0.15, 0.2) is 18.2 Å². The maximum absolute atomic E-state index is 12.5. The minimum Gasteiger partial charge on any atom is -0.398 e. The number of alkyl halides is 3. The second-order valence-electron chi connectivity index (χ2n) is 6.03. The number of hydrogen-bond donors (Lipinski definition) is 1. The molecule has 1 N–H and O–H groups in total. The summed E-state index contributed by atoms with van der Waals surface area (Å²) in [5, 5.41) is 18.3. The van der Waals surface area contributed by atoms with Crippen LogP contribution >= 0.6 is 0 Å². The first-order chi connectivity index (χ1) is 12.3. The summed E-state index contributed by atoms with van der Waals surface area (Å²) < 4.78 is 43.2. The van der Waals surface area contributed by atoms with Gasteiger partial charge in [0, 0.05) is 18.7 Å². The predicted molar refractivity (Wildman–Crippen MR) is 83.7 cm³/mol. The molecular formula is C15H15F3N4O4. The van der Waals surface area contributed by atoms with Gasteiger partial charge in [-0.3, -0.25) is 14.8 Å². The molecule has 8 nitrogen and oxygen atoms in total. The smallest absolute Gasteiger partial charge is 0.398 e. The van der Waals surface area contributed by atoms with Gasteiger partial charge in [-0.15, -0.1) is 5.10 Å². The van der Waals surface area contributed by atoms with Crippen molar-refractivity contribution in [3.05, 3.63) is 28.3 Å². The Hall–Kier alpha value is -2.69. The molecule has 140 valence electrons. The Morgan fingerprint density at radius 2 is 2.08 bits per heavy atom. The molecule has 0 radical (unpaired) electrons. The van der Waals surface area contributed by atoms with Crippen molar-refractivity contribution in [3.63, 3.8) is 0 Å². The van der Waals surface area contributed by atoms with Crippen LogP contribution in [0.1, 0.15) is 12.8 Å². The molecule has 2 heterocycles. The van der Waals surface area contributed by atoms with E-state index in [1.807, 2.05) is 0 Å². The Bertz CT molecular complexity index is 843. The number of benzene rings is 1. The van der Waals surface area contributed by atoms with Gasteiger partial charge in [-0.05, 0) is 37.9 Å². The molecule has 26 heavy (non-hydrogen) atoms. The Morgan fingerprint density at radius 3 is 2.69 bits per heavy atom. The molecule has 0 aliphatic carbocycles. The van der Waals surface area contributed by atoms with Gasteiger partial charge < -0.3 is 10.1 Å². The number of non-ortho nitro benzene ring substituents is 1. The number of ether oxygens (including phenoxy) is 1. The van der Waals surface area contributed by atoms with Gasteiger partial charge >= 0.3 is 12.1 Å². The molecule has 1 aromatic heterocycles. The second-order valence-corrected chi connectivity index (χ2v) is 6.03. The van der Waals surface area contributed by atoms with Crippen LogP contribution in [0.4, 0.5) is 18.9 Å². The lowest BCUT2D eigenvalue weighted by molar-refractivity contribution is -0.384. The molecule has 1 fully saturated rings. The number of aromatic nitrogens is 2. The van der Waals surface area contributed by atoms with Gasteiger partial charge in [0.2, 0.25) is 5.88 Å². The van der Waals surface area contributed by atoms with Crippen LogP contribution in [0.2, 0.25) is 0 Å². The summed E-state index contributed by atoms with van der Waals surface area (Å²) in [4.78, 5) is 21.5. The molecule has 0 atom stereocenters. The molecule has 1 aliphatic rings. The monoisotopic (exact) mass is 372 g/mol. The Kier molecular flexibility index (Phi) is 4.81. The number of rotatable bonds is 4. The van der Waals surface area contributed by atoms with Gasteiger partial charge in [-0.2, -0.15) is 13.2 Å². The van der Waals surface area contributed by atoms with Crippen molar-refractivity contribution in [1.29, 1.82) is 0 Å². The molecule has 0 amide bonds. The number of esters is 1. The lowest BCUT2D eigenvalue weighted by Gasteiger charge is -2.22. The van der Waals surface area contributed by atoms with Gasteiger partial charge in [0.05, 0.1) is 15.8 Å². The highest BCUT2D eigenvalue weighted by Crippen LogP contribution is 2.31. The first kappa shape index (κ1) is 18.1. The fourth-order valence-corrected chi connectivity index (χ4v) is 2.91. The number of halogens is 3. The minimum atomic E-state index is -5.16. The minimum absolute atomic E-state index is 0.113. The Morgan fingerprint density at radius 1 is 1.38 bits per heavy atom. The normalized spacial score (nSPS) is 16.0. The van der Waals surface area contributed by atoms with E-state index in [2.05, 4.69) is 15.2 Å². The molecule has 1 saturated heterocycles. The molecular weight excluding hydrogens is 357 g/mol. The lowest BCUT2D eigenvalue weighted by atomic mass is 9.98. The Labute approximate surface area is 145 Å². The number of hydrogen-bond acceptors (Lipinski definition) is 6. The summed E-state index contributed by atoms with van der Waals surface area (Å²) >= 11 is 0. The van der Waals surface area contributed by atoms with E-state index in [4.69, 9.17) is 0 Å². The van der Waals surface area contributed by atoms with Crippen LogP contribution in [0.25, 0.3) is 10.9 Å². The summed E-state index contributed by atoms with van der Waals surface area (Å²) in [5.41, 5.74) is 0.0281. The number of fused-ring (bicyclic) bond motifs is 1. The van der Waals surface area contributed by atoms with E-state index in [1.54, 1.807) is 0 Å². The van der Waals surface area contributed by atoms with Crippen LogP contribution in [0, 0.1) is 16.0 Å². The van der Waals surface area contributed by atoms with Gasteiger partial charge in [-0.1, -0.05) is 0 Å². The first-order valence-electron chi connectivity index (χ1n) is 7.90. The molecule has 1 aromatic carbocycles. The van der Waals surface area contributed by atoms with Crippen LogP contribution in [0.5, 0.6) is 5.88 Å². The molecule has 0 saturated carbocycles. The SMILES string of the molecule is O=C(Oc1nn(CC2CCNCC2)c2cc([N+](=O)[O-])ccc12)C(F)(F)F. The summed E-state index contributed by atoms with van der Waals surface area (Å²) in [6.45, 7) is 1.97. The number of nitro groups is 1. The van der Waals surface area contributed by atoms with E-state index < -0.39 is 22.9 Å². The summed E-state index contributed by atoms with van der Waals surface area (Å²) in [6.07, 6.45) is -3.48. The van der Waals surface area contributed by atoms with E-state index >= 15 is 0 Å². The standard InChI is InChI=1S/C15H15F3N4O4/c16-15(17,18)14(23)26-13-11-2-1-10(22(24)25)7-12(11)21(20-13)8-9-3-5-19-6-4-9/h1-2,7,9,19H,3-6,8H2. The van der Waals surface area contributed by atoms with Gasteiger partial charge in [0.1, 0.15) is 0 Å². The van der Waals surface area contributed by atoms with Crippen molar-refractivity contribution < 1.29 is 27.6 Å². The van der Waals surface area contributed by atoms with E-state index in [0.29, 0.717) is 6.54 Å². The van der Waals surface area contributed by atoms with Gasteiger partial charge in [-0.25, -0.2) is 4.79 Å². The third-order valence-corrected chi connectivity index (χ3v) is 4.22. The molecule has 0 bridgehead atoms. The largest absolute Gasteiger partial charge is 0.491 e. The molecule has 0 spiro atoms. The zero-order valence-electron chi connectivity index (χ0n) is 13.5. The fraction of sp³-hybridized carbons (Fsp3) is 0.467. The predicted octanol–water partition coefficient (Wildman–Crippen LogP) is 2.41. The van der Waals surface area contributed by atoms with Crippen LogP contribution in [-0.2, 0) is 11.3 Å². The molecule has 2 aromatic rings.